The van der Waals surface area contributed by atoms with Gasteiger partial charge < -0.3 is 10.4 Å². The first kappa shape index (κ1) is 17.2. The zero-order chi connectivity index (χ0) is 18.2. The van der Waals surface area contributed by atoms with Crippen molar-refractivity contribution in [3.8, 4) is 0 Å². The number of hydrogen-bond donors (Lipinski definition) is 2. The summed E-state index contributed by atoms with van der Waals surface area (Å²) in [5.41, 5.74) is 3.84. The summed E-state index contributed by atoms with van der Waals surface area (Å²) in [6.07, 6.45) is 1.64. The monoisotopic (exact) mass is 337 g/mol. The molecule has 0 aromatic heterocycles. The van der Waals surface area contributed by atoms with Gasteiger partial charge in [-0.1, -0.05) is 45.0 Å². The predicted molar refractivity (Wildman–Crippen MR) is 97.1 cm³/mol. The molecule has 25 heavy (non-hydrogen) atoms. The van der Waals surface area contributed by atoms with Crippen molar-refractivity contribution in [1.82, 2.24) is 5.32 Å². The number of benzene rings is 2. The van der Waals surface area contributed by atoms with Crippen molar-refractivity contribution in [2.45, 2.75) is 45.1 Å². The number of carboxylic acid groups (broad SMARTS) is 1. The maximum absolute atomic E-state index is 12.9. The van der Waals surface area contributed by atoms with Crippen LogP contribution >= 0.6 is 0 Å². The van der Waals surface area contributed by atoms with Crippen LogP contribution < -0.4 is 5.32 Å². The van der Waals surface area contributed by atoms with Gasteiger partial charge in [-0.25, -0.2) is 4.79 Å². The van der Waals surface area contributed by atoms with Crippen molar-refractivity contribution in [3.63, 3.8) is 0 Å². The Morgan fingerprint density at radius 2 is 1.84 bits per heavy atom. The van der Waals surface area contributed by atoms with Crippen LogP contribution in [0.25, 0.3) is 0 Å². The van der Waals surface area contributed by atoms with E-state index in [1.165, 1.54) is 0 Å². The fourth-order valence-electron chi connectivity index (χ4n) is 3.46. The summed E-state index contributed by atoms with van der Waals surface area (Å²) >= 11 is 0. The highest BCUT2D eigenvalue weighted by molar-refractivity contribution is 5.96. The molecule has 1 aliphatic carbocycles. The number of carbonyl (C=O) groups excluding carboxylic acids is 1. The smallest absolute Gasteiger partial charge is 0.335 e. The summed E-state index contributed by atoms with van der Waals surface area (Å²) in [5.74, 6) is -1.05. The molecule has 4 nitrogen and oxygen atoms in total. The van der Waals surface area contributed by atoms with Gasteiger partial charge in [0, 0.05) is 5.56 Å². The quantitative estimate of drug-likeness (QED) is 0.886. The Hall–Kier alpha value is -2.62. The average Bonchev–Trinajstić information content (AvgIpc) is 2.96. The van der Waals surface area contributed by atoms with E-state index in [0.717, 1.165) is 29.5 Å². The Labute approximate surface area is 147 Å². The van der Waals surface area contributed by atoms with Crippen LogP contribution in [-0.4, -0.2) is 17.0 Å². The number of rotatable bonds is 3. The number of carbonyl (C=O) groups is 2. The Bertz CT molecular complexity index is 833. The predicted octanol–water partition coefficient (Wildman–Crippen LogP) is 4.10. The second kappa shape index (κ2) is 6.36. The zero-order valence-electron chi connectivity index (χ0n) is 14.8. The fraction of sp³-hybridized carbons (Fsp3) is 0.333. The molecule has 1 atom stereocenters. The van der Waals surface area contributed by atoms with E-state index < -0.39 is 5.97 Å². The first-order valence-electron chi connectivity index (χ1n) is 8.54. The van der Waals surface area contributed by atoms with E-state index in [0.29, 0.717) is 5.56 Å². The van der Waals surface area contributed by atoms with Gasteiger partial charge in [0.1, 0.15) is 0 Å². The minimum Gasteiger partial charge on any atom is -0.478 e. The first-order valence-corrected chi connectivity index (χ1v) is 8.54. The van der Waals surface area contributed by atoms with E-state index >= 15 is 0 Å². The lowest BCUT2D eigenvalue weighted by molar-refractivity contribution is 0.0696. The molecule has 2 N–H and O–H groups in total. The summed E-state index contributed by atoms with van der Waals surface area (Å²) in [6.45, 7) is 6.26. The topological polar surface area (TPSA) is 66.4 Å². The van der Waals surface area contributed by atoms with Crippen LogP contribution in [-0.2, 0) is 11.8 Å². The number of aromatic carboxylic acids is 1. The lowest BCUT2D eigenvalue weighted by atomic mass is 9.83. The van der Waals surface area contributed by atoms with Gasteiger partial charge in [0.2, 0.25) is 0 Å². The summed E-state index contributed by atoms with van der Waals surface area (Å²) in [4.78, 5) is 24.1. The second-order valence-electron chi connectivity index (χ2n) is 7.58. The second-order valence-corrected chi connectivity index (χ2v) is 7.58. The van der Waals surface area contributed by atoms with Crippen LogP contribution in [0, 0.1) is 0 Å². The minimum absolute atomic E-state index is 0.107. The molecule has 0 radical (unpaired) electrons. The number of nitrogens with one attached hydrogen (secondary N) is 1. The first-order chi connectivity index (χ1) is 11.8. The number of hydrogen-bond acceptors (Lipinski definition) is 2. The fourth-order valence-corrected chi connectivity index (χ4v) is 3.46. The highest BCUT2D eigenvalue weighted by Crippen LogP contribution is 2.33. The molecular weight excluding hydrogens is 314 g/mol. The third kappa shape index (κ3) is 3.43. The van der Waals surface area contributed by atoms with E-state index in [9.17, 15) is 14.7 Å². The zero-order valence-corrected chi connectivity index (χ0v) is 14.8. The normalized spacial score (nSPS) is 16.4. The van der Waals surface area contributed by atoms with Crippen LogP contribution in [0.15, 0.2) is 42.5 Å². The minimum atomic E-state index is -0.946. The van der Waals surface area contributed by atoms with Crippen LogP contribution in [0.5, 0.6) is 0 Å². The Kier molecular flexibility index (Phi) is 4.38. The molecule has 0 saturated heterocycles. The maximum Gasteiger partial charge on any atom is 0.335 e. The van der Waals surface area contributed by atoms with Gasteiger partial charge in [-0.05, 0) is 53.1 Å². The SMILES string of the molecule is CC(C)(C)c1ccccc1C(=O)NC1CCc2ccc(C(=O)O)cc21. The molecule has 0 heterocycles. The van der Waals surface area contributed by atoms with E-state index in [1.54, 1.807) is 12.1 Å². The lowest BCUT2D eigenvalue weighted by Gasteiger charge is -2.23. The molecule has 1 unspecified atom stereocenters. The van der Waals surface area contributed by atoms with Gasteiger partial charge in [0.05, 0.1) is 11.6 Å². The van der Waals surface area contributed by atoms with Gasteiger partial charge >= 0.3 is 5.97 Å². The van der Waals surface area contributed by atoms with E-state index in [-0.39, 0.29) is 22.9 Å². The molecule has 3 rings (SSSR count). The molecule has 4 heteroatoms. The maximum atomic E-state index is 12.9. The molecule has 0 saturated carbocycles. The van der Waals surface area contributed by atoms with Gasteiger partial charge in [0.15, 0.2) is 0 Å². The number of aryl methyl sites for hydroxylation is 1. The van der Waals surface area contributed by atoms with Crippen molar-refractivity contribution >= 4 is 11.9 Å². The van der Waals surface area contributed by atoms with Crippen LogP contribution in [0.1, 0.15) is 70.6 Å². The van der Waals surface area contributed by atoms with Crippen LogP contribution in [0.2, 0.25) is 0 Å². The lowest BCUT2D eigenvalue weighted by Crippen LogP contribution is -2.30. The third-order valence-corrected chi connectivity index (χ3v) is 4.76. The van der Waals surface area contributed by atoms with Crippen molar-refractivity contribution in [3.05, 3.63) is 70.3 Å². The summed E-state index contributed by atoms with van der Waals surface area (Å²) < 4.78 is 0. The summed E-state index contributed by atoms with van der Waals surface area (Å²) in [7, 11) is 0. The standard InChI is InChI=1S/C21H23NO3/c1-21(2,3)17-7-5-4-6-15(17)19(23)22-18-11-10-13-8-9-14(20(24)25)12-16(13)18/h4-9,12,18H,10-11H2,1-3H3,(H,22,23)(H,24,25). The van der Waals surface area contributed by atoms with Crippen LogP contribution in [0.3, 0.4) is 0 Å². The van der Waals surface area contributed by atoms with Gasteiger partial charge in [-0.15, -0.1) is 0 Å². The molecule has 0 spiro atoms. The van der Waals surface area contributed by atoms with Crippen molar-refractivity contribution in [2.24, 2.45) is 0 Å². The van der Waals surface area contributed by atoms with Gasteiger partial charge in [0.25, 0.3) is 5.91 Å². The highest BCUT2D eigenvalue weighted by atomic mass is 16.4. The molecule has 2 aromatic rings. The van der Waals surface area contributed by atoms with Gasteiger partial charge in [-0.2, -0.15) is 0 Å². The Balaban J connectivity index is 1.88. The number of fused-ring (bicyclic) bond motifs is 1. The van der Waals surface area contributed by atoms with E-state index in [1.807, 2.05) is 30.3 Å². The highest BCUT2D eigenvalue weighted by Gasteiger charge is 2.27. The molecule has 130 valence electrons. The summed E-state index contributed by atoms with van der Waals surface area (Å²) in [6, 6.07) is 12.7. The number of amides is 1. The summed E-state index contributed by atoms with van der Waals surface area (Å²) in [5, 5.41) is 12.3. The molecular formula is C21H23NO3. The molecule has 0 aliphatic heterocycles. The molecule has 2 aromatic carbocycles. The molecule has 1 aliphatic rings. The van der Waals surface area contributed by atoms with Crippen molar-refractivity contribution < 1.29 is 14.7 Å². The Morgan fingerprint density at radius 1 is 1.12 bits per heavy atom. The third-order valence-electron chi connectivity index (χ3n) is 4.76. The van der Waals surface area contributed by atoms with E-state index in [4.69, 9.17) is 0 Å². The van der Waals surface area contributed by atoms with Crippen molar-refractivity contribution in [1.29, 1.82) is 0 Å². The number of carboxylic acids is 1. The van der Waals surface area contributed by atoms with Crippen LogP contribution in [0.4, 0.5) is 0 Å². The van der Waals surface area contributed by atoms with Gasteiger partial charge in [-0.3, -0.25) is 4.79 Å². The van der Waals surface area contributed by atoms with E-state index in [2.05, 4.69) is 26.1 Å². The molecule has 0 fully saturated rings. The largest absolute Gasteiger partial charge is 0.478 e. The average molecular weight is 337 g/mol. The van der Waals surface area contributed by atoms with Crippen molar-refractivity contribution in [2.75, 3.05) is 0 Å². The molecule has 0 bridgehead atoms. The Morgan fingerprint density at radius 3 is 2.52 bits per heavy atom. The molecule has 1 amide bonds.